The van der Waals surface area contributed by atoms with E-state index >= 15 is 0 Å². The summed E-state index contributed by atoms with van der Waals surface area (Å²) in [4.78, 5) is 11.9. The number of aromatic hydroxyl groups is 1. The van der Waals surface area contributed by atoms with E-state index in [2.05, 4.69) is 61.4 Å². The lowest BCUT2D eigenvalue weighted by atomic mass is 9.82. The van der Waals surface area contributed by atoms with Crippen LogP contribution in [0.3, 0.4) is 0 Å². The molecule has 1 fully saturated rings. The number of rotatable bonds is 19. The van der Waals surface area contributed by atoms with E-state index in [0.29, 0.717) is 38.5 Å². The second-order valence-corrected chi connectivity index (χ2v) is 17.2. The van der Waals surface area contributed by atoms with Gasteiger partial charge in [-0.3, -0.25) is 4.79 Å². The lowest BCUT2D eigenvalue weighted by molar-refractivity contribution is -0.138. The quantitative estimate of drug-likeness (QED) is 0.0539. The van der Waals surface area contributed by atoms with Crippen LogP contribution < -0.4 is 10.6 Å². The van der Waals surface area contributed by atoms with Crippen LogP contribution in [0.2, 0.25) is 0 Å². The number of allylic oxidation sites excluding steroid dienone is 2. The minimum absolute atomic E-state index is 0.0211. The first-order valence-corrected chi connectivity index (χ1v) is 22.0. The van der Waals surface area contributed by atoms with Crippen LogP contribution in [-0.2, 0) is 24.1 Å². The van der Waals surface area contributed by atoms with E-state index < -0.39 is 36.4 Å². The average molecular weight is 801 g/mol. The summed E-state index contributed by atoms with van der Waals surface area (Å²) in [6.07, 6.45) is 14.0. The van der Waals surface area contributed by atoms with E-state index in [0.717, 1.165) is 91.2 Å². The Morgan fingerprint density at radius 1 is 1.02 bits per heavy atom. The zero-order chi connectivity index (χ0) is 42.1. The summed E-state index contributed by atoms with van der Waals surface area (Å²) in [6, 6.07) is 12.6. The van der Waals surface area contributed by atoms with Crippen LogP contribution in [0.1, 0.15) is 140 Å². The topological polar surface area (TPSA) is 163 Å². The Hall–Kier alpha value is -3.49. The van der Waals surface area contributed by atoms with Crippen molar-refractivity contribution in [2.45, 2.75) is 179 Å². The highest BCUT2D eigenvalue weighted by molar-refractivity contribution is 5.67. The number of benzene rings is 2. The number of carboxylic acids is 1. The molecule has 0 radical (unpaired) electrons. The minimum Gasteiger partial charge on any atom is -0.508 e. The molecule has 8 atom stereocenters. The number of carboxylic acid groups (broad SMARTS) is 1. The number of phenols is 1. The van der Waals surface area contributed by atoms with Gasteiger partial charge in [0.2, 0.25) is 0 Å². The number of hydrogen-bond donors (Lipinski definition) is 8. The molecule has 0 aliphatic carbocycles. The standard InChI is InChI=1S/C49H72N2O7/c1-5-7-8-17-40(53)29-26-38-25-24-37-15-10-14-36(6-2)43(37)18-11-21-47(49(4,58)32-35-22-27-41(54)28-23-35)51-46(44(38)31-42(55)33-52)20-12-19-45-39(30-48(56)57)16-9-13-34(3)50-45/h10,14-15,22-23,26-29,34,39-40,42,45-47,50-55,58H,5-9,12-13,16-17,19-21,24-25,30-33H2,1-4H3,(H,56,57). The van der Waals surface area contributed by atoms with Gasteiger partial charge in [-0.2, -0.15) is 0 Å². The first-order valence-electron chi connectivity index (χ1n) is 22.0. The van der Waals surface area contributed by atoms with Crippen molar-refractivity contribution in [3.05, 3.63) is 88.0 Å². The zero-order valence-electron chi connectivity index (χ0n) is 35.6. The Balaban J connectivity index is 1.85. The molecule has 9 heteroatoms. The van der Waals surface area contributed by atoms with E-state index in [1.165, 1.54) is 0 Å². The third kappa shape index (κ3) is 15.0. The number of hydrogen-bond acceptors (Lipinski definition) is 8. The summed E-state index contributed by atoms with van der Waals surface area (Å²) in [5.74, 6) is 6.37. The largest absolute Gasteiger partial charge is 0.508 e. The molecule has 9 nitrogen and oxygen atoms in total. The molecule has 1 saturated heterocycles. The Labute approximate surface area is 348 Å². The van der Waals surface area contributed by atoms with Crippen molar-refractivity contribution in [3.63, 3.8) is 0 Å². The van der Waals surface area contributed by atoms with Crippen LogP contribution >= 0.6 is 0 Å². The number of carbonyl (C=O) groups is 1. The Kier molecular flexibility index (Phi) is 19.5. The highest BCUT2D eigenvalue weighted by atomic mass is 16.4. The van der Waals surface area contributed by atoms with Crippen molar-refractivity contribution in [1.29, 1.82) is 0 Å². The lowest BCUT2D eigenvalue weighted by Crippen LogP contribution is -2.54. The molecule has 4 rings (SSSR count). The fourth-order valence-electron chi connectivity index (χ4n) is 8.93. The molecular weight excluding hydrogens is 729 g/mol. The van der Waals surface area contributed by atoms with Crippen molar-refractivity contribution < 1.29 is 35.4 Å². The zero-order valence-corrected chi connectivity index (χ0v) is 35.6. The molecule has 320 valence electrons. The fraction of sp³-hybridized carbons (Fsp3) is 0.612. The van der Waals surface area contributed by atoms with Gasteiger partial charge in [0.05, 0.1) is 24.4 Å². The summed E-state index contributed by atoms with van der Waals surface area (Å²) in [6.45, 7) is 7.84. The summed E-state index contributed by atoms with van der Waals surface area (Å²) in [5, 5.41) is 72.4. The number of aliphatic carboxylic acids is 1. The van der Waals surface area contributed by atoms with Gasteiger partial charge in [0.25, 0.3) is 0 Å². The van der Waals surface area contributed by atoms with Gasteiger partial charge in [-0.05, 0) is 118 Å². The Morgan fingerprint density at radius 3 is 2.50 bits per heavy atom. The maximum absolute atomic E-state index is 12.4. The summed E-state index contributed by atoms with van der Waals surface area (Å²) >= 11 is 0. The maximum atomic E-state index is 12.4. The van der Waals surface area contributed by atoms with Crippen LogP contribution in [-0.4, -0.2) is 85.2 Å². The number of phenolic OH excluding ortho intramolecular Hbond substituents is 1. The summed E-state index contributed by atoms with van der Waals surface area (Å²) in [5.41, 5.74) is 4.75. The molecule has 2 aromatic rings. The first kappa shape index (κ1) is 47.2. The van der Waals surface area contributed by atoms with Gasteiger partial charge in [0.1, 0.15) is 5.75 Å². The summed E-state index contributed by atoms with van der Waals surface area (Å²) < 4.78 is 0. The summed E-state index contributed by atoms with van der Waals surface area (Å²) in [7, 11) is 0. The van der Waals surface area contributed by atoms with Crippen LogP contribution in [0, 0.1) is 17.8 Å². The molecule has 0 aromatic heterocycles. The second-order valence-electron chi connectivity index (χ2n) is 17.2. The SMILES string of the molecule is CCCCCC(O)C=CC1=C(CC(O)CO)C(CCCC2NC(C)CCCC2CC(=O)O)NC(C(C)(O)Cc2ccc(O)cc2)CC#Cc2c(CC)cccc2CC1. The monoisotopic (exact) mass is 801 g/mol. The number of aryl methyl sites for hydroxylation is 2. The smallest absolute Gasteiger partial charge is 0.303 e. The van der Waals surface area contributed by atoms with Crippen molar-refractivity contribution in [1.82, 2.24) is 10.6 Å². The van der Waals surface area contributed by atoms with E-state index in [-0.39, 0.29) is 42.6 Å². The number of aliphatic hydroxyl groups is 4. The van der Waals surface area contributed by atoms with E-state index in [9.17, 15) is 35.4 Å². The van der Waals surface area contributed by atoms with Crippen molar-refractivity contribution >= 4 is 5.97 Å². The maximum Gasteiger partial charge on any atom is 0.303 e. The molecule has 0 amide bonds. The molecule has 0 spiro atoms. The van der Waals surface area contributed by atoms with Crippen molar-refractivity contribution in [2.75, 3.05) is 6.61 Å². The molecule has 8 N–H and O–H groups in total. The van der Waals surface area contributed by atoms with Gasteiger partial charge in [-0.15, -0.1) is 0 Å². The third-order valence-electron chi connectivity index (χ3n) is 12.3. The van der Waals surface area contributed by atoms with Crippen LogP contribution in [0.15, 0.2) is 65.8 Å². The van der Waals surface area contributed by atoms with E-state index in [1.807, 2.05) is 31.2 Å². The third-order valence-corrected chi connectivity index (χ3v) is 12.3. The predicted molar refractivity (Wildman–Crippen MR) is 233 cm³/mol. The second kappa shape index (κ2) is 23.9. The van der Waals surface area contributed by atoms with Gasteiger partial charge in [-0.1, -0.05) is 100 Å². The van der Waals surface area contributed by atoms with Gasteiger partial charge in [0.15, 0.2) is 0 Å². The molecular formula is C49H72N2O7. The Morgan fingerprint density at radius 2 is 1.79 bits per heavy atom. The van der Waals surface area contributed by atoms with Crippen LogP contribution in [0.4, 0.5) is 0 Å². The molecule has 8 unspecified atom stereocenters. The van der Waals surface area contributed by atoms with Crippen LogP contribution in [0.25, 0.3) is 0 Å². The molecule has 58 heavy (non-hydrogen) atoms. The minimum atomic E-state index is -1.29. The van der Waals surface area contributed by atoms with Crippen LogP contribution in [0.5, 0.6) is 5.75 Å². The van der Waals surface area contributed by atoms with Gasteiger partial charge < -0.3 is 41.3 Å². The number of nitrogens with one attached hydrogen (secondary N) is 2. The fourth-order valence-corrected chi connectivity index (χ4v) is 8.93. The molecule has 2 aromatic carbocycles. The van der Waals surface area contributed by atoms with E-state index in [4.69, 9.17) is 0 Å². The van der Waals surface area contributed by atoms with Gasteiger partial charge >= 0.3 is 5.97 Å². The molecule has 0 bridgehead atoms. The normalized spacial score (nSPS) is 24.0. The molecule has 2 aliphatic heterocycles. The van der Waals surface area contributed by atoms with Gasteiger partial charge in [-0.25, -0.2) is 0 Å². The molecule has 0 saturated carbocycles. The van der Waals surface area contributed by atoms with E-state index in [1.54, 1.807) is 12.1 Å². The molecule has 2 aliphatic rings. The molecule has 2 heterocycles. The Bertz CT molecular complexity index is 1690. The number of fused-ring (bicyclic) bond motifs is 1. The van der Waals surface area contributed by atoms with Crippen molar-refractivity contribution in [3.8, 4) is 17.6 Å². The van der Waals surface area contributed by atoms with Crippen molar-refractivity contribution in [2.24, 2.45) is 5.92 Å². The van der Waals surface area contributed by atoms with Gasteiger partial charge in [0, 0.05) is 49.0 Å². The average Bonchev–Trinajstić information content (AvgIpc) is 3.36. The predicted octanol–water partition coefficient (Wildman–Crippen LogP) is 7.29. The number of aliphatic hydroxyl groups excluding tert-OH is 3. The highest BCUT2D eigenvalue weighted by Crippen LogP contribution is 2.32. The lowest BCUT2D eigenvalue weighted by Gasteiger charge is -2.38. The first-order chi connectivity index (χ1) is 27.8. The number of unbranched alkanes of at least 4 members (excludes halogenated alkanes) is 2. The highest BCUT2D eigenvalue weighted by Gasteiger charge is 2.35.